The Balaban J connectivity index is 1.66. The van der Waals surface area contributed by atoms with Gasteiger partial charge in [-0.3, -0.25) is 4.90 Å². The van der Waals surface area contributed by atoms with Crippen LogP contribution in [-0.4, -0.2) is 48.6 Å². The van der Waals surface area contributed by atoms with Crippen LogP contribution in [-0.2, 0) is 0 Å². The topological polar surface area (TPSA) is 6.48 Å². The number of likely N-dealkylation sites (tertiary alicyclic amines) is 1. The Bertz CT molecular complexity index is 294. The Morgan fingerprint density at radius 3 is 2.67 bits per heavy atom. The molecule has 3 saturated heterocycles. The highest BCUT2D eigenvalue weighted by Gasteiger charge is 2.41. The van der Waals surface area contributed by atoms with E-state index in [1.54, 1.807) is 0 Å². The molecule has 3 rings (SSSR count). The molecule has 3 fully saturated rings. The van der Waals surface area contributed by atoms with E-state index in [2.05, 4.69) is 30.6 Å². The third-order valence-electron chi connectivity index (χ3n) is 5.04. The van der Waals surface area contributed by atoms with Gasteiger partial charge in [0.2, 0.25) is 0 Å². The van der Waals surface area contributed by atoms with E-state index >= 15 is 0 Å². The Kier molecular flexibility index (Phi) is 3.44. The molecule has 3 aliphatic rings. The summed E-state index contributed by atoms with van der Waals surface area (Å²) in [7, 11) is 0. The van der Waals surface area contributed by atoms with Crippen LogP contribution < -0.4 is 0 Å². The van der Waals surface area contributed by atoms with Gasteiger partial charge in [-0.15, -0.1) is 0 Å². The van der Waals surface area contributed by atoms with E-state index in [-0.39, 0.29) is 0 Å². The van der Waals surface area contributed by atoms with Crippen molar-refractivity contribution < 1.29 is 0 Å². The lowest BCUT2D eigenvalue weighted by atomic mass is 9.75. The molecule has 0 aliphatic carbocycles. The fraction of sp³-hybridized carbons (Fsp3) is 1.00. The zero-order valence-corrected chi connectivity index (χ0v) is 12.5. The summed E-state index contributed by atoms with van der Waals surface area (Å²) in [6.07, 6.45) is 5.91. The van der Waals surface area contributed by atoms with Gasteiger partial charge in [-0.05, 0) is 43.1 Å². The molecule has 0 saturated carbocycles. The summed E-state index contributed by atoms with van der Waals surface area (Å²) < 4.78 is 0. The third kappa shape index (κ3) is 2.75. The van der Waals surface area contributed by atoms with Crippen molar-refractivity contribution in [2.24, 2.45) is 17.3 Å². The molecule has 2 heteroatoms. The summed E-state index contributed by atoms with van der Waals surface area (Å²) in [5.74, 6) is 1.93. The van der Waals surface area contributed by atoms with Crippen molar-refractivity contribution in [2.45, 2.75) is 52.5 Å². The van der Waals surface area contributed by atoms with E-state index < -0.39 is 0 Å². The molecule has 3 atom stereocenters. The first-order chi connectivity index (χ1) is 8.51. The Morgan fingerprint density at radius 1 is 1.06 bits per heavy atom. The molecular weight excluding hydrogens is 220 g/mol. The van der Waals surface area contributed by atoms with Gasteiger partial charge in [-0.2, -0.15) is 0 Å². The van der Waals surface area contributed by atoms with Crippen molar-refractivity contribution in [1.82, 2.24) is 9.80 Å². The number of fused-ring (bicyclic) bond motifs is 4. The van der Waals surface area contributed by atoms with Crippen molar-refractivity contribution in [3.05, 3.63) is 0 Å². The minimum atomic E-state index is 0.456. The molecule has 104 valence electrons. The molecule has 18 heavy (non-hydrogen) atoms. The molecule has 0 spiro atoms. The van der Waals surface area contributed by atoms with Gasteiger partial charge in [0.05, 0.1) is 0 Å². The van der Waals surface area contributed by atoms with Crippen molar-refractivity contribution in [2.75, 3.05) is 32.7 Å². The van der Waals surface area contributed by atoms with Crippen LogP contribution in [0.25, 0.3) is 0 Å². The summed E-state index contributed by atoms with van der Waals surface area (Å²) in [6, 6.07) is 0.928. The molecule has 3 unspecified atom stereocenters. The van der Waals surface area contributed by atoms with Crippen LogP contribution in [0.1, 0.15) is 46.5 Å². The highest BCUT2D eigenvalue weighted by molar-refractivity contribution is 4.96. The van der Waals surface area contributed by atoms with Crippen molar-refractivity contribution in [1.29, 1.82) is 0 Å². The second-order valence-corrected chi connectivity index (χ2v) is 8.17. The summed E-state index contributed by atoms with van der Waals surface area (Å²) in [5, 5.41) is 0. The predicted octanol–water partition coefficient (Wildman–Crippen LogP) is 2.84. The van der Waals surface area contributed by atoms with Gasteiger partial charge in [0.15, 0.2) is 0 Å². The second-order valence-electron chi connectivity index (χ2n) is 8.17. The van der Waals surface area contributed by atoms with Gasteiger partial charge >= 0.3 is 0 Å². The monoisotopic (exact) mass is 250 g/mol. The zero-order valence-electron chi connectivity index (χ0n) is 12.5. The van der Waals surface area contributed by atoms with E-state index in [1.165, 1.54) is 58.4 Å². The van der Waals surface area contributed by atoms with E-state index in [0.717, 1.165) is 17.9 Å². The molecule has 0 amide bonds. The van der Waals surface area contributed by atoms with Crippen LogP contribution in [0.5, 0.6) is 0 Å². The van der Waals surface area contributed by atoms with Crippen molar-refractivity contribution in [3.8, 4) is 0 Å². The number of piperidine rings is 3. The van der Waals surface area contributed by atoms with E-state index in [4.69, 9.17) is 0 Å². The molecule has 0 aromatic rings. The average Bonchev–Trinajstić information content (AvgIpc) is 2.26. The molecule has 0 aromatic carbocycles. The number of rotatable bonds is 1. The van der Waals surface area contributed by atoms with Gasteiger partial charge in [0.1, 0.15) is 0 Å². The maximum atomic E-state index is 2.83. The molecule has 3 heterocycles. The minimum Gasteiger partial charge on any atom is -0.302 e. The van der Waals surface area contributed by atoms with Crippen molar-refractivity contribution >= 4 is 0 Å². The first-order valence-corrected chi connectivity index (χ1v) is 7.98. The van der Waals surface area contributed by atoms with Crippen LogP contribution in [0.3, 0.4) is 0 Å². The lowest BCUT2D eigenvalue weighted by Crippen LogP contribution is -2.59. The van der Waals surface area contributed by atoms with E-state index in [0.29, 0.717) is 5.41 Å². The normalized spacial score (nSPS) is 38.5. The first kappa shape index (κ1) is 12.9. The molecule has 2 bridgehead atoms. The van der Waals surface area contributed by atoms with E-state index in [1.807, 2.05) is 0 Å². The minimum absolute atomic E-state index is 0.456. The van der Waals surface area contributed by atoms with Crippen LogP contribution >= 0.6 is 0 Å². The van der Waals surface area contributed by atoms with Crippen LogP contribution in [0.4, 0.5) is 0 Å². The Hall–Kier alpha value is -0.0800. The quantitative estimate of drug-likeness (QED) is 0.706. The second kappa shape index (κ2) is 4.79. The standard InChI is InChI=1S/C16H30N2/c1-16(2,3)12-17-9-13-8-14(11-17)15-6-4-5-7-18(15)10-13/h13-15H,4-12H2,1-3H3. The predicted molar refractivity (Wildman–Crippen MR) is 76.7 cm³/mol. The highest BCUT2D eigenvalue weighted by Crippen LogP contribution is 2.38. The summed E-state index contributed by atoms with van der Waals surface area (Å²) >= 11 is 0. The first-order valence-electron chi connectivity index (χ1n) is 7.98. The maximum Gasteiger partial charge on any atom is 0.0136 e. The number of hydrogen-bond acceptors (Lipinski definition) is 2. The fourth-order valence-corrected chi connectivity index (χ4v) is 4.67. The van der Waals surface area contributed by atoms with E-state index in [9.17, 15) is 0 Å². The Labute approximate surface area is 113 Å². The number of nitrogens with zero attached hydrogens (tertiary/aromatic N) is 2. The van der Waals surface area contributed by atoms with Gasteiger partial charge in [-0.25, -0.2) is 0 Å². The maximum absolute atomic E-state index is 2.83. The lowest BCUT2D eigenvalue weighted by Gasteiger charge is -2.53. The zero-order chi connectivity index (χ0) is 12.8. The molecule has 2 nitrogen and oxygen atoms in total. The van der Waals surface area contributed by atoms with Crippen LogP contribution in [0.15, 0.2) is 0 Å². The van der Waals surface area contributed by atoms with Crippen LogP contribution in [0, 0.1) is 17.3 Å². The largest absolute Gasteiger partial charge is 0.302 e. The Morgan fingerprint density at radius 2 is 1.89 bits per heavy atom. The highest BCUT2D eigenvalue weighted by atomic mass is 15.2. The molecule has 0 aromatic heterocycles. The molecule has 0 radical (unpaired) electrons. The smallest absolute Gasteiger partial charge is 0.0136 e. The molecule has 3 aliphatic heterocycles. The fourth-order valence-electron chi connectivity index (χ4n) is 4.67. The van der Waals surface area contributed by atoms with Gasteiger partial charge in [0, 0.05) is 32.2 Å². The number of hydrogen-bond donors (Lipinski definition) is 0. The summed E-state index contributed by atoms with van der Waals surface area (Å²) in [4.78, 5) is 5.60. The summed E-state index contributed by atoms with van der Waals surface area (Å²) in [6.45, 7) is 13.9. The molecule has 0 N–H and O–H groups in total. The van der Waals surface area contributed by atoms with Crippen LogP contribution in [0.2, 0.25) is 0 Å². The third-order valence-corrected chi connectivity index (χ3v) is 5.04. The van der Waals surface area contributed by atoms with Gasteiger partial charge in [-0.1, -0.05) is 27.2 Å². The van der Waals surface area contributed by atoms with Gasteiger partial charge < -0.3 is 4.90 Å². The van der Waals surface area contributed by atoms with Gasteiger partial charge in [0.25, 0.3) is 0 Å². The average molecular weight is 250 g/mol. The lowest BCUT2D eigenvalue weighted by molar-refractivity contribution is -0.0373. The molecular formula is C16H30N2. The van der Waals surface area contributed by atoms with Crippen molar-refractivity contribution in [3.63, 3.8) is 0 Å². The summed E-state index contributed by atoms with van der Waals surface area (Å²) in [5.41, 5.74) is 0.456. The SMILES string of the molecule is CC(C)(C)CN1CC2CC(C1)C1CCCCN1C2.